The largest absolute Gasteiger partial charge is 0.383 e. The average molecular weight is 420 g/mol. The van der Waals surface area contributed by atoms with E-state index < -0.39 is 12.1 Å². The average Bonchev–Trinajstić information content (AvgIpc) is 2.70. The number of hydrogen-bond acceptors (Lipinski definition) is 6. The van der Waals surface area contributed by atoms with Crippen molar-refractivity contribution in [2.45, 2.75) is 26.8 Å². The van der Waals surface area contributed by atoms with E-state index in [0.29, 0.717) is 51.6 Å². The van der Waals surface area contributed by atoms with E-state index in [1.54, 1.807) is 14.0 Å². The first-order valence-electron chi connectivity index (χ1n) is 10.2. The molecule has 1 atom stereocenters. The van der Waals surface area contributed by atoms with Crippen LogP contribution in [0.15, 0.2) is 18.2 Å². The highest BCUT2D eigenvalue weighted by molar-refractivity contribution is 6.03. The van der Waals surface area contributed by atoms with E-state index in [9.17, 15) is 14.4 Å². The molecule has 1 fully saturated rings. The Morgan fingerprint density at radius 3 is 2.47 bits per heavy atom. The number of benzene rings is 1. The van der Waals surface area contributed by atoms with Crippen molar-refractivity contribution >= 4 is 23.5 Å². The Morgan fingerprint density at radius 1 is 1.13 bits per heavy atom. The van der Waals surface area contributed by atoms with Gasteiger partial charge in [0, 0.05) is 45.5 Å². The van der Waals surface area contributed by atoms with Gasteiger partial charge in [-0.15, -0.1) is 0 Å². The monoisotopic (exact) mass is 419 g/mol. The summed E-state index contributed by atoms with van der Waals surface area (Å²) in [6.45, 7) is 9.66. The predicted molar refractivity (Wildman–Crippen MR) is 115 cm³/mol. The summed E-state index contributed by atoms with van der Waals surface area (Å²) in [6, 6.07) is 4.72. The number of imide groups is 1. The van der Waals surface area contributed by atoms with Gasteiger partial charge in [0.15, 0.2) is 0 Å². The summed E-state index contributed by atoms with van der Waals surface area (Å²) < 4.78 is 4.91. The molecule has 1 heterocycles. The maximum absolute atomic E-state index is 12.5. The van der Waals surface area contributed by atoms with Crippen molar-refractivity contribution in [1.29, 1.82) is 0 Å². The summed E-state index contributed by atoms with van der Waals surface area (Å²) in [5, 5.41) is 7.95. The molecule has 1 aromatic carbocycles. The molecule has 1 aliphatic heterocycles. The summed E-state index contributed by atoms with van der Waals surface area (Å²) in [5.41, 5.74) is 2.72. The van der Waals surface area contributed by atoms with Gasteiger partial charge in [-0.2, -0.15) is 0 Å². The van der Waals surface area contributed by atoms with Crippen LogP contribution >= 0.6 is 0 Å². The van der Waals surface area contributed by atoms with Gasteiger partial charge in [-0.05, 0) is 32.4 Å². The fraction of sp³-hybridized carbons (Fsp3) is 0.571. The number of nitrogens with zero attached hydrogens (tertiary/aromatic N) is 2. The molecule has 1 saturated heterocycles. The van der Waals surface area contributed by atoms with Crippen LogP contribution in [0.25, 0.3) is 0 Å². The van der Waals surface area contributed by atoms with Crippen LogP contribution in [0.5, 0.6) is 0 Å². The second kappa shape index (κ2) is 11.6. The summed E-state index contributed by atoms with van der Waals surface area (Å²) in [7, 11) is 1.59. The lowest BCUT2D eigenvalue weighted by Gasteiger charge is -2.37. The van der Waals surface area contributed by atoms with Crippen molar-refractivity contribution in [2.75, 3.05) is 58.3 Å². The standard InChI is InChI=1S/C21H33N5O4/c1-15-5-6-18(16(2)13-15)23-21(29)24-20(28)17(3)26-10-8-25(9-11-26)14-19(27)22-7-12-30-4/h5-6,13,17H,7-12,14H2,1-4H3,(H,22,27)(H2,23,24,28,29). The number of anilines is 1. The number of amides is 4. The van der Waals surface area contributed by atoms with Crippen LogP contribution in [0.3, 0.4) is 0 Å². The Morgan fingerprint density at radius 2 is 1.83 bits per heavy atom. The van der Waals surface area contributed by atoms with Gasteiger partial charge in [0.25, 0.3) is 0 Å². The highest BCUT2D eigenvalue weighted by atomic mass is 16.5. The van der Waals surface area contributed by atoms with Crippen LogP contribution in [0.2, 0.25) is 0 Å². The van der Waals surface area contributed by atoms with Crippen LogP contribution in [-0.2, 0) is 14.3 Å². The van der Waals surface area contributed by atoms with Gasteiger partial charge >= 0.3 is 6.03 Å². The van der Waals surface area contributed by atoms with E-state index >= 15 is 0 Å². The van der Waals surface area contributed by atoms with Crippen molar-refractivity contribution in [3.05, 3.63) is 29.3 Å². The molecule has 9 nitrogen and oxygen atoms in total. The molecular weight excluding hydrogens is 386 g/mol. The number of ether oxygens (including phenoxy) is 1. The van der Waals surface area contributed by atoms with Gasteiger partial charge in [-0.25, -0.2) is 4.79 Å². The highest BCUT2D eigenvalue weighted by Crippen LogP contribution is 2.15. The molecule has 1 aliphatic rings. The number of rotatable bonds is 8. The summed E-state index contributed by atoms with van der Waals surface area (Å²) in [6.07, 6.45) is 0. The molecule has 0 saturated carbocycles. The van der Waals surface area contributed by atoms with Crippen LogP contribution in [0.4, 0.5) is 10.5 Å². The minimum Gasteiger partial charge on any atom is -0.383 e. The van der Waals surface area contributed by atoms with Gasteiger partial charge in [-0.1, -0.05) is 17.7 Å². The van der Waals surface area contributed by atoms with E-state index in [0.717, 1.165) is 11.1 Å². The molecule has 0 bridgehead atoms. The van der Waals surface area contributed by atoms with Crippen molar-refractivity contribution in [1.82, 2.24) is 20.4 Å². The number of carbonyl (C=O) groups is 3. The molecular formula is C21H33N5O4. The van der Waals surface area contributed by atoms with Crippen LogP contribution < -0.4 is 16.0 Å². The third kappa shape index (κ3) is 7.40. The Hall–Kier alpha value is -2.49. The molecule has 166 valence electrons. The second-order valence-corrected chi connectivity index (χ2v) is 7.59. The zero-order valence-corrected chi connectivity index (χ0v) is 18.3. The van der Waals surface area contributed by atoms with Crippen molar-refractivity contribution in [2.24, 2.45) is 0 Å². The summed E-state index contributed by atoms with van der Waals surface area (Å²) >= 11 is 0. The third-order valence-corrected chi connectivity index (χ3v) is 5.20. The number of nitrogens with one attached hydrogen (secondary N) is 3. The minimum absolute atomic E-state index is 0.0330. The predicted octanol–water partition coefficient (Wildman–Crippen LogP) is 0.720. The summed E-state index contributed by atoms with van der Waals surface area (Å²) in [5.74, 6) is -0.377. The second-order valence-electron chi connectivity index (χ2n) is 7.59. The lowest BCUT2D eigenvalue weighted by atomic mass is 10.1. The molecule has 9 heteroatoms. The highest BCUT2D eigenvalue weighted by Gasteiger charge is 2.27. The molecule has 2 rings (SSSR count). The zero-order chi connectivity index (χ0) is 22.1. The Balaban J connectivity index is 1.74. The van der Waals surface area contributed by atoms with Gasteiger partial charge < -0.3 is 15.4 Å². The van der Waals surface area contributed by atoms with Crippen LogP contribution in [-0.4, -0.2) is 86.7 Å². The van der Waals surface area contributed by atoms with Gasteiger partial charge in [0.2, 0.25) is 11.8 Å². The fourth-order valence-corrected chi connectivity index (χ4v) is 3.35. The number of aryl methyl sites for hydroxylation is 2. The maximum Gasteiger partial charge on any atom is 0.325 e. The number of urea groups is 1. The molecule has 1 unspecified atom stereocenters. The van der Waals surface area contributed by atoms with Crippen molar-refractivity contribution in [3.8, 4) is 0 Å². The van der Waals surface area contributed by atoms with Gasteiger partial charge in [0.1, 0.15) is 0 Å². The number of piperazine rings is 1. The van der Waals surface area contributed by atoms with E-state index in [1.807, 2.05) is 36.9 Å². The van der Waals surface area contributed by atoms with Crippen molar-refractivity contribution in [3.63, 3.8) is 0 Å². The Kier molecular flexibility index (Phi) is 9.22. The van der Waals surface area contributed by atoms with Crippen molar-refractivity contribution < 1.29 is 19.1 Å². The molecule has 0 aliphatic carbocycles. The normalized spacial score (nSPS) is 16.0. The first kappa shape index (κ1) is 23.8. The molecule has 0 radical (unpaired) electrons. The number of methoxy groups -OCH3 is 1. The Bertz CT molecular complexity index is 747. The quantitative estimate of drug-likeness (QED) is 0.537. The van der Waals surface area contributed by atoms with E-state index in [1.165, 1.54) is 0 Å². The topological polar surface area (TPSA) is 103 Å². The smallest absolute Gasteiger partial charge is 0.325 e. The summed E-state index contributed by atoms with van der Waals surface area (Å²) in [4.78, 5) is 40.6. The SMILES string of the molecule is COCCNC(=O)CN1CCN(C(C)C(=O)NC(=O)Nc2ccc(C)cc2C)CC1. The molecule has 0 spiro atoms. The molecule has 3 N–H and O–H groups in total. The lowest BCUT2D eigenvalue weighted by molar-refractivity contribution is -0.127. The van der Waals surface area contributed by atoms with Crippen LogP contribution in [0.1, 0.15) is 18.1 Å². The minimum atomic E-state index is -0.537. The first-order chi connectivity index (χ1) is 14.3. The third-order valence-electron chi connectivity index (χ3n) is 5.20. The first-order valence-corrected chi connectivity index (χ1v) is 10.2. The fourth-order valence-electron chi connectivity index (χ4n) is 3.35. The number of carbonyl (C=O) groups excluding carboxylic acids is 3. The molecule has 0 aromatic heterocycles. The molecule has 30 heavy (non-hydrogen) atoms. The van der Waals surface area contributed by atoms with E-state index in [-0.39, 0.29) is 11.8 Å². The van der Waals surface area contributed by atoms with E-state index in [2.05, 4.69) is 20.9 Å². The number of hydrogen-bond donors (Lipinski definition) is 3. The van der Waals surface area contributed by atoms with E-state index in [4.69, 9.17) is 4.74 Å². The molecule has 4 amide bonds. The van der Waals surface area contributed by atoms with Gasteiger partial charge in [0.05, 0.1) is 19.2 Å². The van der Waals surface area contributed by atoms with Gasteiger partial charge in [-0.3, -0.25) is 24.7 Å². The lowest BCUT2D eigenvalue weighted by Crippen LogP contribution is -2.56. The zero-order valence-electron chi connectivity index (χ0n) is 18.3. The Labute approximate surface area is 178 Å². The molecule has 1 aromatic rings. The van der Waals surface area contributed by atoms with Crippen LogP contribution in [0, 0.1) is 13.8 Å². The maximum atomic E-state index is 12.5.